The summed E-state index contributed by atoms with van der Waals surface area (Å²) in [5.74, 6) is -0.242. The van der Waals surface area contributed by atoms with Crippen LogP contribution in [0, 0.1) is 0 Å². The fraction of sp³-hybridized carbons (Fsp3) is 0.364. The van der Waals surface area contributed by atoms with E-state index in [-0.39, 0.29) is 5.91 Å². The van der Waals surface area contributed by atoms with E-state index in [0.29, 0.717) is 17.0 Å². The predicted octanol–water partition coefficient (Wildman–Crippen LogP) is 0.634. The van der Waals surface area contributed by atoms with Crippen molar-refractivity contribution >= 4 is 17.5 Å². The number of carbonyl (C=O) groups is 2. The SMILES string of the molecule is CC(=O)Nc1cccc(-c2ccccc2OC2OC(CO)C(O)C(O)C2NC(C)=O)c1. The molecule has 9 heteroatoms. The number of amides is 2. The minimum absolute atomic E-state index is 0.196. The lowest BCUT2D eigenvalue weighted by Gasteiger charge is -2.42. The van der Waals surface area contributed by atoms with Crippen molar-refractivity contribution in [3.05, 3.63) is 48.5 Å². The largest absolute Gasteiger partial charge is 0.462 e. The van der Waals surface area contributed by atoms with Crippen LogP contribution in [0.15, 0.2) is 48.5 Å². The van der Waals surface area contributed by atoms with E-state index in [9.17, 15) is 24.9 Å². The molecule has 166 valence electrons. The van der Waals surface area contributed by atoms with Crippen LogP contribution in [0.5, 0.6) is 5.75 Å². The zero-order chi connectivity index (χ0) is 22.5. The topological polar surface area (TPSA) is 137 Å². The smallest absolute Gasteiger partial charge is 0.223 e. The third kappa shape index (κ3) is 5.39. The van der Waals surface area contributed by atoms with Gasteiger partial charge in [-0.1, -0.05) is 30.3 Å². The van der Waals surface area contributed by atoms with Gasteiger partial charge in [0.1, 0.15) is 30.1 Å². The lowest BCUT2D eigenvalue weighted by atomic mass is 9.96. The van der Waals surface area contributed by atoms with Crippen molar-refractivity contribution in [3.63, 3.8) is 0 Å². The van der Waals surface area contributed by atoms with Crippen molar-refractivity contribution < 1.29 is 34.4 Å². The van der Waals surface area contributed by atoms with Gasteiger partial charge in [-0.05, 0) is 23.8 Å². The first kappa shape index (κ1) is 22.7. The fourth-order valence-corrected chi connectivity index (χ4v) is 3.47. The number of carbonyl (C=O) groups excluding carboxylic acids is 2. The van der Waals surface area contributed by atoms with Gasteiger partial charge in [0.15, 0.2) is 0 Å². The molecule has 0 aromatic heterocycles. The van der Waals surface area contributed by atoms with E-state index in [1.54, 1.807) is 30.3 Å². The van der Waals surface area contributed by atoms with Gasteiger partial charge < -0.3 is 35.4 Å². The zero-order valence-electron chi connectivity index (χ0n) is 17.2. The van der Waals surface area contributed by atoms with Gasteiger partial charge in [0, 0.05) is 25.1 Å². The highest BCUT2D eigenvalue weighted by Gasteiger charge is 2.46. The van der Waals surface area contributed by atoms with Crippen LogP contribution in [0.1, 0.15) is 13.8 Å². The summed E-state index contributed by atoms with van der Waals surface area (Å²) in [5.41, 5.74) is 2.05. The highest BCUT2D eigenvalue weighted by Crippen LogP contribution is 2.34. The van der Waals surface area contributed by atoms with E-state index >= 15 is 0 Å². The predicted molar refractivity (Wildman–Crippen MR) is 112 cm³/mol. The number of aliphatic hydroxyl groups excluding tert-OH is 3. The van der Waals surface area contributed by atoms with Gasteiger partial charge in [0.25, 0.3) is 0 Å². The maximum Gasteiger partial charge on any atom is 0.223 e. The van der Waals surface area contributed by atoms with Gasteiger partial charge in [0.05, 0.1) is 6.61 Å². The highest BCUT2D eigenvalue weighted by molar-refractivity contribution is 5.89. The molecule has 5 atom stereocenters. The molecule has 0 bridgehead atoms. The summed E-state index contributed by atoms with van der Waals surface area (Å²) in [5, 5.41) is 35.4. The maximum atomic E-state index is 11.6. The van der Waals surface area contributed by atoms with Crippen molar-refractivity contribution in [1.29, 1.82) is 0 Å². The Labute approximate surface area is 179 Å². The first-order valence-corrected chi connectivity index (χ1v) is 9.83. The number of benzene rings is 2. The minimum Gasteiger partial charge on any atom is -0.462 e. The van der Waals surface area contributed by atoms with E-state index < -0.39 is 43.2 Å². The number of rotatable bonds is 6. The van der Waals surface area contributed by atoms with Gasteiger partial charge in [-0.2, -0.15) is 0 Å². The van der Waals surface area contributed by atoms with E-state index in [1.807, 2.05) is 18.2 Å². The summed E-state index contributed by atoms with van der Waals surface area (Å²) >= 11 is 0. The van der Waals surface area contributed by atoms with Gasteiger partial charge >= 0.3 is 0 Å². The molecule has 5 unspecified atom stereocenters. The second kappa shape index (κ2) is 9.88. The van der Waals surface area contributed by atoms with Crippen LogP contribution in [0.25, 0.3) is 11.1 Å². The minimum atomic E-state index is -1.41. The standard InChI is InChI=1S/C22H26N2O7/c1-12(26)23-15-7-5-6-14(10-15)16-8-3-4-9-17(16)30-22-19(24-13(2)27)21(29)20(28)18(11-25)31-22/h3-10,18-22,25,28-29H,11H2,1-2H3,(H,23,26)(H,24,27). The van der Waals surface area contributed by atoms with Crippen LogP contribution in [0.2, 0.25) is 0 Å². The Morgan fingerprint density at radius 1 is 1.03 bits per heavy atom. The Morgan fingerprint density at radius 2 is 1.77 bits per heavy atom. The summed E-state index contributed by atoms with van der Waals surface area (Å²) in [6.45, 7) is 2.16. The molecule has 2 amide bonds. The summed E-state index contributed by atoms with van der Waals surface area (Å²) in [6, 6.07) is 13.2. The average molecular weight is 430 g/mol. The monoisotopic (exact) mass is 430 g/mol. The van der Waals surface area contributed by atoms with Gasteiger partial charge in [-0.15, -0.1) is 0 Å². The lowest BCUT2D eigenvalue weighted by molar-refractivity contribution is -0.244. The number of anilines is 1. The zero-order valence-corrected chi connectivity index (χ0v) is 17.2. The van der Waals surface area contributed by atoms with Crippen LogP contribution < -0.4 is 15.4 Å². The normalized spacial score (nSPS) is 25.5. The molecule has 0 aliphatic carbocycles. The van der Waals surface area contributed by atoms with E-state index in [0.717, 1.165) is 5.56 Å². The van der Waals surface area contributed by atoms with Crippen molar-refractivity contribution in [2.24, 2.45) is 0 Å². The van der Waals surface area contributed by atoms with Crippen molar-refractivity contribution in [2.45, 2.75) is 44.5 Å². The van der Waals surface area contributed by atoms with E-state index in [1.165, 1.54) is 13.8 Å². The fourth-order valence-electron chi connectivity index (χ4n) is 3.47. The quantitative estimate of drug-likeness (QED) is 0.453. The molecule has 0 saturated carbocycles. The number of hydrogen-bond donors (Lipinski definition) is 5. The first-order chi connectivity index (χ1) is 14.8. The van der Waals surface area contributed by atoms with E-state index in [4.69, 9.17) is 9.47 Å². The molecule has 0 radical (unpaired) electrons. The second-order valence-electron chi connectivity index (χ2n) is 7.31. The average Bonchev–Trinajstić information content (AvgIpc) is 2.73. The Kier molecular flexibility index (Phi) is 7.24. The van der Waals surface area contributed by atoms with Gasteiger partial charge in [-0.3, -0.25) is 9.59 Å². The molecule has 2 aromatic carbocycles. The third-order valence-electron chi connectivity index (χ3n) is 4.87. The van der Waals surface area contributed by atoms with Crippen LogP contribution in [-0.4, -0.2) is 64.4 Å². The Balaban J connectivity index is 1.93. The summed E-state index contributed by atoms with van der Waals surface area (Å²) in [4.78, 5) is 23.0. The molecular formula is C22H26N2O7. The lowest BCUT2D eigenvalue weighted by Crippen LogP contribution is -2.65. The maximum absolute atomic E-state index is 11.6. The molecular weight excluding hydrogens is 404 g/mol. The Bertz CT molecular complexity index is 936. The molecule has 1 saturated heterocycles. The van der Waals surface area contributed by atoms with Crippen LogP contribution in [0.4, 0.5) is 5.69 Å². The molecule has 0 spiro atoms. The molecule has 9 nitrogen and oxygen atoms in total. The van der Waals surface area contributed by atoms with Crippen LogP contribution >= 0.6 is 0 Å². The number of aliphatic hydroxyl groups is 3. The molecule has 1 aliphatic heterocycles. The third-order valence-corrected chi connectivity index (χ3v) is 4.87. The summed E-state index contributed by atoms with van der Waals surface area (Å²) in [7, 11) is 0. The van der Waals surface area contributed by atoms with Crippen molar-refractivity contribution in [2.75, 3.05) is 11.9 Å². The molecule has 3 rings (SSSR count). The number of nitrogens with one attached hydrogen (secondary N) is 2. The van der Waals surface area contributed by atoms with E-state index in [2.05, 4.69) is 10.6 Å². The molecule has 2 aromatic rings. The first-order valence-electron chi connectivity index (χ1n) is 9.83. The molecule has 1 fully saturated rings. The number of para-hydroxylation sites is 1. The summed E-state index contributed by atoms with van der Waals surface area (Å²) in [6.07, 6.45) is -5.05. The molecule has 5 N–H and O–H groups in total. The second-order valence-corrected chi connectivity index (χ2v) is 7.31. The Morgan fingerprint density at radius 3 is 2.45 bits per heavy atom. The van der Waals surface area contributed by atoms with Crippen molar-refractivity contribution in [1.82, 2.24) is 5.32 Å². The van der Waals surface area contributed by atoms with Crippen LogP contribution in [0.3, 0.4) is 0 Å². The number of hydrogen-bond acceptors (Lipinski definition) is 7. The summed E-state index contributed by atoms with van der Waals surface area (Å²) < 4.78 is 11.7. The number of ether oxygens (including phenoxy) is 2. The van der Waals surface area contributed by atoms with Crippen LogP contribution in [-0.2, 0) is 14.3 Å². The molecule has 1 heterocycles. The Hall–Kier alpha value is -2.98. The van der Waals surface area contributed by atoms with Gasteiger partial charge in [0.2, 0.25) is 18.1 Å². The van der Waals surface area contributed by atoms with Crippen molar-refractivity contribution in [3.8, 4) is 16.9 Å². The van der Waals surface area contributed by atoms with Gasteiger partial charge in [-0.25, -0.2) is 0 Å². The molecule has 1 aliphatic rings. The molecule has 31 heavy (non-hydrogen) atoms. The highest BCUT2D eigenvalue weighted by atomic mass is 16.7.